The van der Waals surface area contributed by atoms with E-state index >= 15 is 0 Å². The molecule has 2 heterocycles. The minimum absolute atomic E-state index is 0.149. The maximum absolute atomic E-state index is 11.6. The second-order valence-corrected chi connectivity index (χ2v) is 5.13. The standard InChI is InChI=1S/C11H19N3O/c15-10-12-6-7-14(10)9-2-5-13-11(8-9)3-1-4-11/h9,13H,1-8H2,(H,12,15). The lowest BCUT2D eigenvalue weighted by molar-refractivity contribution is 0.0835. The lowest BCUT2D eigenvalue weighted by atomic mass is 9.70. The van der Waals surface area contributed by atoms with E-state index in [2.05, 4.69) is 10.6 Å². The SMILES string of the molecule is O=C1NCCN1C1CCNC2(CCC2)C1. The van der Waals surface area contributed by atoms with Crippen LogP contribution in [-0.4, -0.2) is 42.1 Å². The first kappa shape index (κ1) is 9.46. The van der Waals surface area contributed by atoms with Crippen LogP contribution in [0.2, 0.25) is 0 Å². The molecule has 84 valence electrons. The third-order valence-electron chi connectivity index (χ3n) is 4.25. The first-order valence-corrected chi connectivity index (χ1v) is 6.09. The van der Waals surface area contributed by atoms with Gasteiger partial charge in [-0.05, 0) is 38.6 Å². The number of hydrogen-bond acceptors (Lipinski definition) is 2. The summed E-state index contributed by atoms with van der Waals surface area (Å²) in [7, 11) is 0. The molecule has 0 aromatic carbocycles. The molecule has 1 unspecified atom stereocenters. The van der Waals surface area contributed by atoms with Crippen molar-refractivity contribution in [1.82, 2.24) is 15.5 Å². The monoisotopic (exact) mass is 209 g/mol. The molecule has 1 saturated carbocycles. The number of piperidine rings is 1. The molecule has 0 bridgehead atoms. The summed E-state index contributed by atoms with van der Waals surface area (Å²) >= 11 is 0. The van der Waals surface area contributed by atoms with Crippen LogP contribution in [0.25, 0.3) is 0 Å². The smallest absolute Gasteiger partial charge is 0.317 e. The summed E-state index contributed by atoms with van der Waals surface area (Å²) in [4.78, 5) is 13.6. The first-order valence-electron chi connectivity index (χ1n) is 6.09. The zero-order valence-corrected chi connectivity index (χ0v) is 9.09. The van der Waals surface area contributed by atoms with Gasteiger partial charge in [-0.25, -0.2) is 4.79 Å². The van der Waals surface area contributed by atoms with Gasteiger partial charge in [0.2, 0.25) is 0 Å². The Hall–Kier alpha value is -0.770. The van der Waals surface area contributed by atoms with Crippen LogP contribution in [0.15, 0.2) is 0 Å². The zero-order chi connectivity index (χ0) is 10.3. The van der Waals surface area contributed by atoms with Gasteiger partial charge in [-0.1, -0.05) is 0 Å². The first-order chi connectivity index (χ1) is 7.29. The zero-order valence-electron chi connectivity index (χ0n) is 9.09. The average molecular weight is 209 g/mol. The van der Waals surface area contributed by atoms with E-state index in [0.29, 0.717) is 11.6 Å². The van der Waals surface area contributed by atoms with Crippen molar-refractivity contribution in [2.75, 3.05) is 19.6 Å². The van der Waals surface area contributed by atoms with Gasteiger partial charge in [-0.15, -0.1) is 0 Å². The van der Waals surface area contributed by atoms with E-state index in [1.165, 1.54) is 25.7 Å². The van der Waals surface area contributed by atoms with Crippen LogP contribution < -0.4 is 10.6 Å². The Morgan fingerprint density at radius 3 is 2.80 bits per heavy atom. The van der Waals surface area contributed by atoms with Crippen molar-refractivity contribution in [3.05, 3.63) is 0 Å². The van der Waals surface area contributed by atoms with Gasteiger partial charge in [0.25, 0.3) is 0 Å². The predicted octanol–water partition coefficient (Wildman–Crippen LogP) is 0.686. The van der Waals surface area contributed by atoms with Crippen molar-refractivity contribution >= 4 is 6.03 Å². The number of hydrogen-bond donors (Lipinski definition) is 2. The van der Waals surface area contributed by atoms with E-state index in [1.54, 1.807) is 0 Å². The van der Waals surface area contributed by atoms with Crippen LogP contribution in [0.4, 0.5) is 4.79 Å². The summed E-state index contributed by atoms with van der Waals surface area (Å²) in [5.41, 5.74) is 0.395. The molecule has 1 aliphatic carbocycles. The van der Waals surface area contributed by atoms with Crippen molar-refractivity contribution in [3.8, 4) is 0 Å². The summed E-state index contributed by atoms with van der Waals surface area (Å²) in [6.07, 6.45) is 6.25. The second kappa shape index (κ2) is 3.37. The Bertz CT molecular complexity index is 275. The largest absolute Gasteiger partial charge is 0.336 e. The highest BCUT2D eigenvalue weighted by atomic mass is 16.2. The number of rotatable bonds is 1. The van der Waals surface area contributed by atoms with Crippen LogP contribution in [0.1, 0.15) is 32.1 Å². The lowest BCUT2D eigenvalue weighted by Crippen LogP contribution is -2.60. The van der Waals surface area contributed by atoms with Crippen LogP contribution in [-0.2, 0) is 0 Å². The van der Waals surface area contributed by atoms with Gasteiger partial charge in [0, 0.05) is 24.7 Å². The topological polar surface area (TPSA) is 44.4 Å². The number of nitrogens with zero attached hydrogens (tertiary/aromatic N) is 1. The van der Waals surface area contributed by atoms with Crippen molar-refractivity contribution in [2.45, 2.75) is 43.7 Å². The molecule has 2 saturated heterocycles. The molecule has 3 fully saturated rings. The van der Waals surface area contributed by atoms with Crippen LogP contribution in [0.3, 0.4) is 0 Å². The van der Waals surface area contributed by atoms with Crippen molar-refractivity contribution in [3.63, 3.8) is 0 Å². The minimum atomic E-state index is 0.149. The fourth-order valence-electron chi connectivity index (χ4n) is 3.21. The van der Waals surface area contributed by atoms with Gasteiger partial charge in [0.1, 0.15) is 0 Å². The number of nitrogens with one attached hydrogen (secondary N) is 2. The second-order valence-electron chi connectivity index (χ2n) is 5.13. The van der Waals surface area contributed by atoms with Crippen molar-refractivity contribution in [1.29, 1.82) is 0 Å². The van der Waals surface area contributed by atoms with Crippen molar-refractivity contribution < 1.29 is 4.79 Å². The molecule has 0 radical (unpaired) electrons. The number of carbonyl (C=O) groups is 1. The molecule has 15 heavy (non-hydrogen) atoms. The molecule has 2 N–H and O–H groups in total. The highest BCUT2D eigenvalue weighted by molar-refractivity contribution is 5.76. The summed E-state index contributed by atoms with van der Waals surface area (Å²) < 4.78 is 0. The van der Waals surface area contributed by atoms with Gasteiger partial charge in [0.05, 0.1) is 0 Å². The van der Waals surface area contributed by atoms with E-state index in [9.17, 15) is 4.79 Å². The summed E-state index contributed by atoms with van der Waals surface area (Å²) in [5.74, 6) is 0. The lowest BCUT2D eigenvalue weighted by Gasteiger charge is -2.50. The van der Waals surface area contributed by atoms with E-state index < -0.39 is 0 Å². The van der Waals surface area contributed by atoms with E-state index in [0.717, 1.165) is 26.1 Å². The van der Waals surface area contributed by atoms with Crippen LogP contribution in [0.5, 0.6) is 0 Å². The summed E-state index contributed by atoms with van der Waals surface area (Å²) in [6.45, 7) is 2.81. The Kier molecular flexibility index (Phi) is 2.12. The van der Waals surface area contributed by atoms with Gasteiger partial charge < -0.3 is 15.5 Å². The van der Waals surface area contributed by atoms with Crippen LogP contribution in [0, 0.1) is 0 Å². The third-order valence-corrected chi connectivity index (χ3v) is 4.25. The number of amides is 2. The van der Waals surface area contributed by atoms with Gasteiger partial charge in [-0.2, -0.15) is 0 Å². The van der Waals surface area contributed by atoms with Crippen molar-refractivity contribution in [2.24, 2.45) is 0 Å². The molecule has 1 spiro atoms. The Labute approximate surface area is 90.4 Å². The quantitative estimate of drug-likeness (QED) is 0.667. The van der Waals surface area contributed by atoms with E-state index in [4.69, 9.17) is 0 Å². The number of urea groups is 1. The maximum atomic E-state index is 11.6. The molecule has 2 amide bonds. The molecule has 4 nitrogen and oxygen atoms in total. The molecule has 4 heteroatoms. The van der Waals surface area contributed by atoms with E-state index in [-0.39, 0.29) is 6.03 Å². The van der Waals surface area contributed by atoms with Gasteiger partial charge in [0.15, 0.2) is 0 Å². The molecule has 2 aliphatic heterocycles. The molecule has 0 aromatic rings. The number of carbonyl (C=O) groups excluding carboxylic acids is 1. The Morgan fingerprint density at radius 1 is 1.33 bits per heavy atom. The van der Waals surface area contributed by atoms with Gasteiger partial charge in [-0.3, -0.25) is 0 Å². The molecular formula is C11H19N3O. The summed E-state index contributed by atoms with van der Waals surface area (Å²) in [6, 6.07) is 0.630. The predicted molar refractivity (Wildman–Crippen MR) is 57.7 cm³/mol. The molecule has 3 rings (SSSR count). The highest BCUT2D eigenvalue weighted by Crippen LogP contribution is 2.39. The third kappa shape index (κ3) is 1.51. The fourth-order valence-corrected chi connectivity index (χ4v) is 3.21. The molecule has 0 aromatic heterocycles. The molecular weight excluding hydrogens is 190 g/mol. The normalized spacial score (nSPS) is 34.0. The minimum Gasteiger partial charge on any atom is -0.336 e. The summed E-state index contributed by atoms with van der Waals surface area (Å²) in [5, 5.41) is 6.54. The Balaban J connectivity index is 1.68. The molecule has 3 aliphatic rings. The van der Waals surface area contributed by atoms with Gasteiger partial charge >= 0.3 is 6.03 Å². The fraction of sp³-hybridized carbons (Fsp3) is 0.909. The van der Waals surface area contributed by atoms with Crippen LogP contribution >= 0.6 is 0 Å². The Morgan fingerprint density at radius 2 is 2.20 bits per heavy atom. The average Bonchev–Trinajstić information content (AvgIpc) is 2.62. The van der Waals surface area contributed by atoms with E-state index in [1.807, 2.05) is 4.90 Å². The highest BCUT2D eigenvalue weighted by Gasteiger charge is 2.43. The maximum Gasteiger partial charge on any atom is 0.317 e. The molecule has 1 atom stereocenters.